The molecule has 0 atom stereocenters. The Balaban J connectivity index is 2.35. The first kappa shape index (κ1) is 16.5. The predicted octanol–water partition coefficient (Wildman–Crippen LogP) is 2.99. The maximum absolute atomic E-state index is 11.9. The fraction of sp³-hybridized carbons (Fsp3) is 0.211. The number of nitrogens with one attached hydrogen (secondary N) is 1. The number of hydrogen-bond donors (Lipinski definition) is 2. The SMILES string of the molecule is CCCc1cc(=O)oc2c(C)c(O)c(-c3ccc(C#N)c(=O)[nH]3)cc12. The van der Waals surface area contributed by atoms with E-state index in [1.807, 2.05) is 6.92 Å². The van der Waals surface area contributed by atoms with Gasteiger partial charge in [-0.3, -0.25) is 4.79 Å². The Morgan fingerprint density at radius 1 is 1.28 bits per heavy atom. The zero-order valence-electron chi connectivity index (χ0n) is 13.8. The van der Waals surface area contributed by atoms with E-state index in [-0.39, 0.29) is 11.3 Å². The smallest absolute Gasteiger partial charge is 0.336 e. The molecule has 0 amide bonds. The van der Waals surface area contributed by atoms with E-state index in [2.05, 4.69) is 4.98 Å². The first-order chi connectivity index (χ1) is 12.0. The molecule has 6 heteroatoms. The monoisotopic (exact) mass is 336 g/mol. The standard InChI is InChI=1S/C19H16N2O4/c1-3-4-11-7-16(22)25-18-10(2)17(23)14(8-13(11)18)15-6-5-12(9-20)19(24)21-15/h5-8,23H,3-4H2,1-2H3,(H,21,24). The number of aromatic nitrogens is 1. The summed E-state index contributed by atoms with van der Waals surface area (Å²) in [6, 6.07) is 7.93. The lowest BCUT2D eigenvalue weighted by Crippen LogP contribution is -2.10. The summed E-state index contributed by atoms with van der Waals surface area (Å²) in [5.41, 5.74) is 1.41. The van der Waals surface area contributed by atoms with Gasteiger partial charge in [0.2, 0.25) is 0 Å². The van der Waals surface area contributed by atoms with Gasteiger partial charge >= 0.3 is 5.63 Å². The van der Waals surface area contributed by atoms with Crippen molar-refractivity contribution in [1.82, 2.24) is 4.98 Å². The highest BCUT2D eigenvalue weighted by Crippen LogP contribution is 2.37. The minimum atomic E-state index is -0.523. The van der Waals surface area contributed by atoms with E-state index < -0.39 is 11.2 Å². The number of fused-ring (bicyclic) bond motifs is 1. The number of nitrogens with zero attached hydrogens (tertiary/aromatic N) is 1. The fourth-order valence-corrected chi connectivity index (χ4v) is 2.91. The van der Waals surface area contributed by atoms with Crippen molar-refractivity contribution in [2.75, 3.05) is 0 Å². The van der Waals surface area contributed by atoms with E-state index in [1.165, 1.54) is 12.1 Å². The van der Waals surface area contributed by atoms with Gasteiger partial charge in [0, 0.05) is 22.6 Å². The number of aryl methyl sites for hydroxylation is 2. The first-order valence-corrected chi connectivity index (χ1v) is 7.89. The van der Waals surface area contributed by atoms with E-state index in [0.29, 0.717) is 28.8 Å². The summed E-state index contributed by atoms with van der Waals surface area (Å²) in [6.45, 7) is 3.66. The molecule has 0 radical (unpaired) electrons. The summed E-state index contributed by atoms with van der Waals surface area (Å²) in [5, 5.41) is 20.1. The normalized spacial score (nSPS) is 10.8. The molecular formula is C19H16N2O4. The Morgan fingerprint density at radius 3 is 2.68 bits per heavy atom. The van der Waals surface area contributed by atoms with Crippen molar-refractivity contribution < 1.29 is 9.52 Å². The quantitative estimate of drug-likeness (QED) is 0.715. The number of pyridine rings is 1. The van der Waals surface area contributed by atoms with Gasteiger partial charge < -0.3 is 14.5 Å². The summed E-state index contributed by atoms with van der Waals surface area (Å²) in [7, 11) is 0. The van der Waals surface area contributed by atoms with Crippen molar-refractivity contribution in [2.24, 2.45) is 0 Å². The summed E-state index contributed by atoms with van der Waals surface area (Å²) < 4.78 is 5.28. The Kier molecular flexibility index (Phi) is 4.15. The number of phenols is 1. The van der Waals surface area contributed by atoms with E-state index in [0.717, 1.165) is 17.4 Å². The van der Waals surface area contributed by atoms with Gasteiger partial charge in [0.15, 0.2) is 0 Å². The third kappa shape index (κ3) is 2.81. The van der Waals surface area contributed by atoms with E-state index >= 15 is 0 Å². The number of hydrogen-bond acceptors (Lipinski definition) is 5. The number of aromatic amines is 1. The lowest BCUT2D eigenvalue weighted by molar-refractivity contribution is 0.470. The van der Waals surface area contributed by atoms with Gasteiger partial charge in [-0.1, -0.05) is 13.3 Å². The van der Waals surface area contributed by atoms with Crippen molar-refractivity contribution >= 4 is 11.0 Å². The van der Waals surface area contributed by atoms with Crippen LogP contribution in [-0.2, 0) is 6.42 Å². The van der Waals surface area contributed by atoms with Crippen LogP contribution in [0.25, 0.3) is 22.2 Å². The third-order valence-electron chi connectivity index (χ3n) is 4.16. The van der Waals surface area contributed by atoms with Crippen LogP contribution in [0.3, 0.4) is 0 Å². The highest BCUT2D eigenvalue weighted by atomic mass is 16.4. The van der Waals surface area contributed by atoms with Gasteiger partial charge in [-0.05, 0) is 37.1 Å². The average molecular weight is 336 g/mol. The molecule has 2 N–H and O–H groups in total. The Labute approximate surface area is 143 Å². The molecule has 0 aliphatic rings. The minimum Gasteiger partial charge on any atom is -0.507 e. The van der Waals surface area contributed by atoms with Crippen molar-refractivity contribution in [3.63, 3.8) is 0 Å². The maximum Gasteiger partial charge on any atom is 0.336 e. The summed E-state index contributed by atoms with van der Waals surface area (Å²) >= 11 is 0. The molecule has 0 spiro atoms. The Bertz CT molecular complexity index is 1130. The topological polar surface area (TPSA) is 107 Å². The van der Waals surface area contributed by atoms with Crippen molar-refractivity contribution in [3.05, 3.63) is 61.7 Å². The average Bonchev–Trinajstić information content (AvgIpc) is 2.58. The number of aromatic hydroxyl groups is 1. The van der Waals surface area contributed by atoms with Crippen LogP contribution in [0.4, 0.5) is 0 Å². The van der Waals surface area contributed by atoms with Crippen LogP contribution in [0.2, 0.25) is 0 Å². The van der Waals surface area contributed by atoms with Gasteiger partial charge in [0.25, 0.3) is 5.56 Å². The highest BCUT2D eigenvalue weighted by Gasteiger charge is 2.17. The molecule has 2 heterocycles. The molecule has 1 aromatic carbocycles. The number of rotatable bonds is 3. The molecule has 3 aromatic rings. The second kappa shape index (κ2) is 6.29. The van der Waals surface area contributed by atoms with Crippen LogP contribution < -0.4 is 11.2 Å². The molecule has 25 heavy (non-hydrogen) atoms. The maximum atomic E-state index is 11.9. The van der Waals surface area contributed by atoms with Crippen molar-refractivity contribution in [1.29, 1.82) is 5.26 Å². The molecule has 3 rings (SSSR count). The molecule has 0 bridgehead atoms. The molecule has 0 aliphatic carbocycles. The van der Waals surface area contributed by atoms with E-state index in [4.69, 9.17) is 9.68 Å². The Hall–Kier alpha value is -3.33. The number of H-pyrrole nitrogens is 1. The van der Waals surface area contributed by atoms with Gasteiger partial charge in [0.1, 0.15) is 23.0 Å². The molecule has 0 aliphatic heterocycles. The largest absolute Gasteiger partial charge is 0.507 e. The zero-order valence-corrected chi connectivity index (χ0v) is 13.8. The third-order valence-corrected chi connectivity index (χ3v) is 4.16. The molecular weight excluding hydrogens is 320 g/mol. The molecule has 0 unspecified atom stereocenters. The van der Waals surface area contributed by atoms with Crippen molar-refractivity contribution in [2.45, 2.75) is 26.7 Å². The number of benzene rings is 1. The van der Waals surface area contributed by atoms with Gasteiger partial charge in [-0.2, -0.15) is 5.26 Å². The second-order valence-corrected chi connectivity index (χ2v) is 5.84. The minimum absolute atomic E-state index is 0.00146. The van der Waals surface area contributed by atoms with Gasteiger partial charge in [-0.25, -0.2) is 4.79 Å². The molecule has 2 aromatic heterocycles. The van der Waals surface area contributed by atoms with Crippen LogP contribution >= 0.6 is 0 Å². The molecule has 0 fully saturated rings. The fourth-order valence-electron chi connectivity index (χ4n) is 2.91. The summed E-state index contributed by atoms with van der Waals surface area (Å²) in [5.74, 6) is -0.0790. The zero-order chi connectivity index (χ0) is 18.1. The lowest BCUT2D eigenvalue weighted by atomic mass is 9.98. The molecule has 6 nitrogen and oxygen atoms in total. The van der Waals surface area contributed by atoms with Crippen LogP contribution in [-0.4, -0.2) is 10.1 Å². The van der Waals surface area contributed by atoms with Crippen LogP contribution in [0.15, 0.2) is 38.3 Å². The summed E-state index contributed by atoms with van der Waals surface area (Å²) in [4.78, 5) is 26.3. The first-order valence-electron chi connectivity index (χ1n) is 7.89. The van der Waals surface area contributed by atoms with E-state index in [9.17, 15) is 14.7 Å². The highest BCUT2D eigenvalue weighted by molar-refractivity contribution is 5.91. The number of phenolic OH excluding ortho intramolecular Hbond substituents is 1. The number of nitriles is 1. The van der Waals surface area contributed by atoms with Crippen LogP contribution in [0.5, 0.6) is 5.75 Å². The van der Waals surface area contributed by atoms with Crippen LogP contribution in [0.1, 0.15) is 30.0 Å². The van der Waals surface area contributed by atoms with Crippen molar-refractivity contribution in [3.8, 4) is 23.1 Å². The van der Waals surface area contributed by atoms with Gasteiger partial charge in [0.05, 0.1) is 5.69 Å². The molecule has 0 saturated carbocycles. The molecule has 0 saturated heterocycles. The predicted molar refractivity (Wildman–Crippen MR) is 93.7 cm³/mol. The molecule has 126 valence electrons. The lowest BCUT2D eigenvalue weighted by Gasteiger charge is -2.12. The second-order valence-electron chi connectivity index (χ2n) is 5.84. The van der Waals surface area contributed by atoms with Crippen LogP contribution in [0, 0.1) is 18.3 Å². The Morgan fingerprint density at radius 2 is 2.04 bits per heavy atom. The van der Waals surface area contributed by atoms with E-state index in [1.54, 1.807) is 25.1 Å². The van der Waals surface area contributed by atoms with Gasteiger partial charge in [-0.15, -0.1) is 0 Å². The summed E-state index contributed by atoms with van der Waals surface area (Å²) in [6.07, 6.45) is 1.54.